The summed E-state index contributed by atoms with van der Waals surface area (Å²) in [7, 11) is 0. The largest absolute Gasteiger partial charge is 1.00 e. The van der Waals surface area contributed by atoms with Crippen molar-refractivity contribution in [2.24, 2.45) is 0 Å². The van der Waals surface area contributed by atoms with Crippen molar-refractivity contribution in [3.63, 3.8) is 0 Å². The molecule has 0 spiro atoms. The van der Waals surface area contributed by atoms with Gasteiger partial charge in [-0.25, -0.2) is 0 Å². The second-order valence-corrected chi connectivity index (χ2v) is 4.72. The van der Waals surface area contributed by atoms with Crippen molar-refractivity contribution < 1.29 is 58.2 Å². The van der Waals surface area contributed by atoms with E-state index in [-0.39, 0.29) is 58.2 Å². The van der Waals surface area contributed by atoms with Gasteiger partial charge in [-0.15, -0.1) is 5.56 Å². The van der Waals surface area contributed by atoms with Gasteiger partial charge in [-0.1, -0.05) is 23.8 Å². The zero-order chi connectivity index (χ0) is 13.4. The molecule has 2 nitrogen and oxygen atoms in total. The molecule has 3 heteroatoms. The van der Waals surface area contributed by atoms with Gasteiger partial charge in [0, 0.05) is 23.2 Å². The SMILES string of the molecule is [Rb+].[c-]1cccc(-c2cnc3ccc4cccnc4c3c2)c1. The van der Waals surface area contributed by atoms with Gasteiger partial charge in [0.1, 0.15) is 0 Å². The smallest absolute Gasteiger partial charge is 0.257 e. The Morgan fingerprint density at radius 3 is 2.71 bits per heavy atom. The van der Waals surface area contributed by atoms with E-state index in [1.807, 2.05) is 42.7 Å². The second-order valence-electron chi connectivity index (χ2n) is 4.72. The Morgan fingerprint density at radius 1 is 0.905 bits per heavy atom. The van der Waals surface area contributed by atoms with Gasteiger partial charge in [0.15, 0.2) is 0 Å². The topological polar surface area (TPSA) is 25.8 Å². The first-order valence-electron chi connectivity index (χ1n) is 6.52. The Morgan fingerprint density at radius 2 is 1.86 bits per heavy atom. The Hall–Kier alpha value is -0.935. The number of hydrogen-bond donors (Lipinski definition) is 0. The van der Waals surface area contributed by atoms with Crippen molar-refractivity contribution in [2.45, 2.75) is 0 Å². The molecule has 0 aliphatic heterocycles. The maximum Gasteiger partial charge on any atom is 1.00 e. The summed E-state index contributed by atoms with van der Waals surface area (Å²) in [4.78, 5) is 9.05. The van der Waals surface area contributed by atoms with E-state index in [2.05, 4.69) is 40.3 Å². The van der Waals surface area contributed by atoms with Crippen molar-refractivity contribution in [3.8, 4) is 11.1 Å². The van der Waals surface area contributed by atoms with Crippen molar-refractivity contribution in [2.75, 3.05) is 0 Å². The van der Waals surface area contributed by atoms with Gasteiger partial charge in [-0.05, 0) is 12.1 Å². The minimum Gasteiger partial charge on any atom is -0.257 e. The summed E-state index contributed by atoms with van der Waals surface area (Å²) in [5.41, 5.74) is 4.18. The Kier molecular flexibility index (Phi) is 4.60. The molecule has 2 aromatic heterocycles. The summed E-state index contributed by atoms with van der Waals surface area (Å²) >= 11 is 0. The molecule has 0 aliphatic carbocycles. The van der Waals surface area contributed by atoms with E-state index in [0.29, 0.717) is 0 Å². The van der Waals surface area contributed by atoms with Crippen LogP contribution in [0.2, 0.25) is 0 Å². The first-order chi connectivity index (χ1) is 9.92. The van der Waals surface area contributed by atoms with Crippen LogP contribution in [0.3, 0.4) is 0 Å². The van der Waals surface area contributed by atoms with Crippen LogP contribution in [0.1, 0.15) is 0 Å². The number of benzene rings is 2. The number of hydrogen-bond acceptors (Lipinski definition) is 2. The average Bonchev–Trinajstić information content (AvgIpc) is 2.55. The van der Waals surface area contributed by atoms with E-state index in [1.54, 1.807) is 0 Å². The molecule has 0 radical (unpaired) electrons. The predicted octanol–water partition coefficient (Wildman–Crippen LogP) is 1.25. The van der Waals surface area contributed by atoms with Crippen LogP contribution in [0.5, 0.6) is 0 Å². The van der Waals surface area contributed by atoms with Crippen LogP contribution in [0, 0.1) is 6.07 Å². The molecule has 0 atom stereocenters. The summed E-state index contributed by atoms with van der Waals surface area (Å²) in [6.07, 6.45) is 3.73. The Balaban J connectivity index is 0.00000132. The maximum atomic E-state index is 4.55. The molecule has 0 saturated carbocycles. The number of rotatable bonds is 1. The van der Waals surface area contributed by atoms with Crippen LogP contribution in [-0.2, 0) is 0 Å². The monoisotopic (exact) mass is 340 g/mol. The minimum atomic E-state index is 0. The summed E-state index contributed by atoms with van der Waals surface area (Å²) in [5, 5.41) is 2.23. The van der Waals surface area contributed by atoms with Crippen LogP contribution in [0.15, 0.2) is 67.0 Å². The molecule has 0 aliphatic rings. The van der Waals surface area contributed by atoms with Crippen LogP contribution in [0.4, 0.5) is 0 Å². The molecule has 0 unspecified atom stereocenters. The number of pyridine rings is 2. The summed E-state index contributed by atoms with van der Waals surface area (Å²) < 4.78 is 0. The third-order valence-corrected chi connectivity index (χ3v) is 3.47. The fourth-order valence-electron chi connectivity index (χ4n) is 2.47. The van der Waals surface area contributed by atoms with E-state index < -0.39 is 0 Å². The molecule has 0 bridgehead atoms. The van der Waals surface area contributed by atoms with E-state index in [9.17, 15) is 0 Å². The van der Waals surface area contributed by atoms with E-state index in [4.69, 9.17) is 0 Å². The van der Waals surface area contributed by atoms with Crippen molar-refractivity contribution >= 4 is 21.8 Å². The van der Waals surface area contributed by atoms with E-state index in [0.717, 1.165) is 32.9 Å². The molecule has 0 saturated heterocycles. The van der Waals surface area contributed by atoms with Crippen LogP contribution in [-0.4, -0.2) is 9.97 Å². The van der Waals surface area contributed by atoms with Gasteiger partial charge >= 0.3 is 58.2 Å². The van der Waals surface area contributed by atoms with Crippen molar-refractivity contribution in [1.82, 2.24) is 9.97 Å². The first kappa shape index (κ1) is 15.0. The maximum absolute atomic E-state index is 4.55. The van der Waals surface area contributed by atoms with Crippen LogP contribution in [0.25, 0.3) is 32.9 Å². The third-order valence-electron chi connectivity index (χ3n) is 3.47. The molecular formula is C18H11N2Rb. The zero-order valence-electron chi connectivity index (χ0n) is 11.7. The third kappa shape index (κ3) is 2.86. The number of nitrogens with zero attached hydrogens (tertiary/aromatic N) is 2. The predicted molar refractivity (Wildman–Crippen MR) is 81.3 cm³/mol. The molecular weight excluding hydrogens is 330 g/mol. The standard InChI is InChI=1S/C18H11N2.Rb/c1-2-5-13(6-3-1)15-11-16-17(20-12-15)9-8-14-7-4-10-19-18(14)16;/h1-2,4-12H;/q-1;+1. The molecule has 2 aromatic carbocycles. The fourth-order valence-corrected chi connectivity index (χ4v) is 2.47. The molecule has 0 amide bonds. The molecule has 21 heavy (non-hydrogen) atoms. The van der Waals surface area contributed by atoms with Gasteiger partial charge < -0.3 is 0 Å². The first-order valence-corrected chi connectivity index (χ1v) is 6.52. The van der Waals surface area contributed by atoms with E-state index >= 15 is 0 Å². The summed E-state index contributed by atoms with van der Waals surface area (Å²) in [6.45, 7) is 0. The fraction of sp³-hybridized carbons (Fsp3) is 0. The van der Waals surface area contributed by atoms with Crippen LogP contribution >= 0.6 is 0 Å². The van der Waals surface area contributed by atoms with Gasteiger partial charge in [0.2, 0.25) is 0 Å². The zero-order valence-corrected chi connectivity index (χ0v) is 16.7. The summed E-state index contributed by atoms with van der Waals surface area (Å²) in [6, 6.07) is 21.3. The number of aromatic nitrogens is 2. The van der Waals surface area contributed by atoms with Gasteiger partial charge in [0.25, 0.3) is 0 Å². The molecule has 94 valence electrons. The summed E-state index contributed by atoms with van der Waals surface area (Å²) in [5.74, 6) is 0. The van der Waals surface area contributed by atoms with Crippen molar-refractivity contribution in [1.29, 1.82) is 0 Å². The van der Waals surface area contributed by atoms with Crippen molar-refractivity contribution in [3.05, 3.63) is 73.1 Å². The van der Waals surface area contributed by atoms with E-state index in [1.165, 1.54) is 0 Å². The normalized spacial score (nSPS) is 10.5. The van der Waals surface area contributed by atoms with Gasteiger partial charge in [0.05, 0.1) is 11.0 Å². The molecule has 4 rings (SSSR count). The second kappa shape index (κ2) is 6.45. The molecule has 0 N–H and O–H groups in total. The van der Waals surface area contributed by atoms with Gasteiger partial charge in [-0.2, -0.15) is 30.3 Å². The minimum absolute atomic E-state index is 0. The Bertz CT molecular complexity index is 904. The quantitative estimate of drug-likeness (QED) is 0.385. The Labute approximate surface area is 172 Å². The van der Waals surface area contributed by atoms with Gasteiger partial charge in [-0.3, -0.25) is 9.97 Å². The average molecular weight is 341 g/mol. The number of fused-ring (bicyclic) bond motifs is 3. The molecule has 4 aromatic rings. The molecule has 2 heterocycles. The molecule has 0 fully saturated rings. The van der Waals surface area contributed by atoms with Crippen LogP contribution < -0.4 is 58.2 Å².